The summed E-state index contributed by atoms with van der Waals surface area (Å²) in [7, 11) is 0. The van der Waals surface area contributed by atoms with Crippen molar-refractivity contribution in [3.05, 3.63) is 85.1 Å². The molecule has 0 bridgehead atoms. The molecule has 0 aliphatic carbocycles. The predicted octanol–water partition coefficient (Wildman–Crippen LogP) is 21.9. The predicted molar refractivity (Wildman–Crippen MR) is 325 cm³/mol. The van der Waals surface area contributed by atoms with E-state index in [1.807, 2.05) is 0 Å². The molecule has 0 saturated carbocycles. The van der Waals surface area contributed by atoms with Gasteiger partial charge in [-0.25, -0.2) is 0 Å². The molecule has 0 N–H and O–H groups in total. The third-order valence-electron chi connectivity index (χ3n) is 13.9. The third-order valence-corrected chi connectivity index (χ3v) is 13.9. The van der Waals surface area contributed by atoms with E-state index in [0.717, 1.165) is 89.9 Å². The van der Waals surface area contributed by atoms with E-state index >= 15 is 0 Å². The number of carbonyl (C=O) groups is 3. The zero-order valence-corrected chi connectivity index (χ0v) is 49.6. The molecule has 6 nitrogen and oxygen atoms in total. The van der Waals surface area contributed by atoms with Crippen LogP contribution in [0.5, 0.6) is 0 Å². The highest BCUT2D eigenvalue weighted by atomic mass is 16.6. The van der Waals surface area contributed by atoms with Gasteiger partial charge in [0.2, 0.25) is 0 Å². The molecule has 0 fully saturated rings. The van der Waals surface area contributed by atoms with E-state index in [4.69, 9.17) is 14.2 Å². The average Bonchev–Trinajstić information content (AvgIpc) is 3.41. The van der Waals surface area contributed by atoms with E-state index in [0.29, 0.717) is 19.3 Å². The SMILES string of the molecule is CC/C=C\C/C=C\C/C=C\C/C=C\C/C=C\C/C=C\C/C=C\CCCC(=O)OC(COC(=O)CCCCCCCC)COC(=O)CCCCCCCCCCCCCCCCCCCCCCCCCCCCCC. The van der Waals surface area contributed by atoms with Gasteiger partial charge in [-0.1, -0.05) is 311 Å². The minimum Gasteiger partial charge on any atom is -0.462 e. The lowest BCUT2D eigenvalue weighted by molar-refractivity contribution is -0.167. The highest BCUT2D eigenvalue weighted by molar-refractivity contribution is 5.71. The summed E-state index contributed by atoms with van der Waals surface area (Å²) in [5, 5.41) is 0. The molecular weight excluding hydrogens is 925 g/mol. The number of allylic oxidation sites excluding steroid dienone is 14. The Kier molecular flexibility index (Phi) is 60.3. The monoisotopic (exact) mass is 1040 g/mol. The van der Waals surface area contributed by atoms with Crippen molar-refractivity contribution in [3.63, 3.8) is 0 Å². The maximum Gasteiger partial charge on any atom is 0.306 e. The number of unbranched alkanes of at least 4 members (excludes halogenated alkanes) is 33. The fraction of sp³-hybridized carbons (Fsp3) is 0.754. The van der Waals surface area contributed by atoms with E-state index in [9.17, 15) is 14.4 Å². The van der Waals surface area contributed by atoms with Crippen LogP contribution in [-0.2, 0) is 28.6 Å². The molecule has 75 heavy (non-hydrogen) atoms. The van der Waals surface area contributed by atoms with Crippen LogP contribution < -0.4 is 0 Å². The quantitative estimate of drug-likeness (QED) is 0.0261. The van der Waals surface area contributed by atoms with Gasteiger partial charge in [0.05, 0.1) is 0 Å². The van der Waals surface area contributed by atoms with Crippen molar-refractivity contribution in [2.45, 2.75) is 322 Å². The van der Waals surface area contributed by atoms with Gasteiger partial charge >= 0.3 is 17.9 Å². The standard InChI is InChI=1S/C69H120O6/c1-4-7-10-13-16-18-20-22-24-26-28-30-32-33-34-35-36-38-39-41-43-45-47-49-51-53-56-59-62-68(71)74-65-66(64-73-67(70)61-58-55-15-12-9-6-3)75-69(72)63-60-57-54-52-50-48-46-44-42-40-37-31-29-27-25-23-21-19-17-14-11-8-5-2/h8,11,17,19,23,25,29,31,40,42,46,48,52,54,66H,4-7,9-10,12-16,18,20-22,24,26-28,30,32-39,41,43-45,47,49-51,53,55-65H2,1-3H3/b11-8-,19-17-,25-23-,31-29-,42-40-,48-46-,54-52-. The lowest BCUT2D eigenvalue weighted by atomic mass is 10.0. The molecule has 1 atom stereocenters. The number of esters is 3. The first-order valence-electron chi connectivity index (χ1n) is 32.1. The summed E-state index contributed by atoms with van der Waals surface area (Å²) in [5.74, 6) is -0.957. The molecule has 1 unspecified atom stereocenters. The third kappa shape index (κ3) is 61.3. The smallest absolute Gasteiger partial charge is 0.306 e. The molecule has 0 rings (SSSR count). The van der Waals surface area contributed by atoms with Crippen LogP contribution in [0.2, 0.25) is 0 Å². The summed E-state index contributed by atoms with van der Waals surface area (Å²) < 4.78 is 16.7. The topological polar surface area (TPSA) is 78.9 Å². The van der Waals surface area contributed by atoms with E-state index in [1.54, 1.807) is 0 Å². The summed E-state index contributed by atoms with van der Waals surface area (Å²) >= 11 is 0. The molecule has 0 aromatic heterocycles. The Balaban J connectivity index is 4.13. The van der Waals surface area contributed by atoms with Crippen molar-refractivity contribution < 1.29 is 28.6 Å². The molecule has 0 aliphatic heterocycles. The Labute approximate surface area is 465 Å². The molecule has 0 amide bonds. The van der Waals surface area contributed by atoms with Crippen LogP contribution in [0.15, 0.2) is 85.1 Å². The van der Waals surface area contributed by atoms with Crippen molar-refractivity contribution >= 4 is 17.9 Å². The summed E-state index contributed by atoms with van der Waals surface area (Å²) in [5.41, 5.74) is 0. The summed E-state index contributed by atoms with van der Waals surface area (Å²) in [6.45, 7) is 6.45. The van der Waals surface area contributed by atoms with E-state index in [1.165, 1.54) is 180 Å². The lowest BCUT2D eigenvalue weighted by Gasteiger charge is -2.18. The van der Waals surface area contributed by atoms with Crippen LogP contribution in [-0.4, -0.2) is 37.2 Å². The zero-order valence-electron chi connectivity index (χ0n) is 49.6. The van der Waals surface area contributed by atoms with Crippen molar-refractivity contribution in [1.82, 2.24) is 0 Å². The second kappa shape index (κ2) is 63.1. The first-order chi connectivity index (χ1) is 37.0. The van der Waals surface area contributed by atoms with E-state index in [-0.39, 0.29) is 37.5 Å². The first kappa shape index (κ1) is 71.6. The highest BCUT2D eigenvalue weighted by Crippen LogP contribution is 2.17. The van der Waals surface area contributed by atoms with Gasteiger partial charge in [-0.2, -0.15) is 0 Å². The van der Waals surface area contributed by atoms with Crippen molar-refractivity contribution in [2.24, 2.45) is 0 Å². The van der Waals surface area contributed by atoms with E-state index < -0.39 is 6.10 Å². The van der Waals surface area contributed by atoms with Gasteiger partial charge in [-0.15, -0.1) is 0 Å². The zero-order chi connectivity index (χ0) is 54.3. The minimum atomic E-state index is -0.803. The molecular formula is C69H120O6. The Bertz CT molecular complexity index is 1430. The Hall–Kier alpha value is -3.41. The first-order valence-corrected chi connectivity index (χ1v) is 32.1. The van der Waals surface area contributed by atoms with Crippen LogP contribution in [0.1, 0.15) is 316 Å². The van der Waals surface area contributed by atoms with Gasteiger partial charge in [-0.05, 0) is 70.6 Å². The van der Waals surface area contributed by atoms with Crippen LogP contribution in [0, 0.1) is 0 Å². The van der Waals surface area contributed by atoms with Crippen molar-refractivity contribution in [3.8, 4) is 0 Å². The second-order valence-corrected chi connectivity index (χ2v) is 21.3. The minimum absolute atomic E-state index is 0.0970. The molecule has 0 aromatic carbocycles. The fourth-order valence-corrected chi connectivity index (χ4v) is 9.14. The molecule has 0 radical (unpaired) electrons. The molecule has 0 spiro atoms. The fourth-order valence-electron chi connectivity index (χ4n) is 9.14. The Morgan fingerprint density at radius 3 is 0.800 bits per heavy atom. The van der Waals surface area contributed by atoms with Gasteiger partial charge in [0, 0.05) is 19.3 Å². The van der Waals surface area contributed by atoms with Gasteiger partial charge in [0.15, 0.2) is 6.10 Å². The van der Waals surface area contributed by atoms with Crippen LogP contribution >= 0.6 is 0 Å². The second-order valence-electron chi connectivity index (χ2n) is 21.3. The lowest BCUT2D eigenvalue weighted by Crippen LogP contribution is -2.30. The largest absolute Gasteiger partial charge is 0.462 e. The average molecular weight is 1050 g/mol. The van der Waals surface area contributed by atoms with Crippen molar-refractivity contribution in [2.75, 3.05) is 13.2 Å². The van der Waals surface area contributed by atoms with E-state index in [2.05, 4.69) is 106 Å². The molecule has 432 valence electrons. The summed E-state index contributed by atoms with van der Waals surface area (Å²) in [6.07, 6.45) is 83.6. The maximum atomic E-state index is 12.8. The normalized spacial score (nSPS) is 12.6. The summed E-state index contributed by atoms with van der Waals surface area (Å²) in [6, 6.07) is 0. The van der Waals surface area contributed by atoms with Crippen LogP contribution in [0.4, 0.5) is 0 Å². The highest BCUT2D eigenvalue weighted by Gasteiger charge is 2.19. The van der Waals surface area contributed by atoms with Crippen LogP contribution in [0.3, 0.4) is 0 Å². The maximum absolute atomic E-state index is 12.8. The molecule has 0 heterocycles. The Morgan fingerprint density at radius 2 is 0.520 bits per heavy atom. The molecule has 0 saturated heterocycles. The molecule has 6 heteroatoms. The number of rotatable bonds is 58. The van der Waals surface area contributed by atoms with Gasteiger partial charge < -0.3 is 14.2 Å². The van der Waals surface area contributed by atoms with Gasteiger partial charge in [0.1, 0.15) is 13.2 Å². The number of hydrogen-bond donors (Lipinski definition) is 0. The number of ether oxygens (including phenoxy) is 3. The van der Waals surface area contributed by atoms with Crippen molar-refractivity contribution in [1.29, 1.82) is 0 Å². The Morgan fingerprint density at radius 1 is 0.280 bits per heavy atom. The van der Waals surface area contributed by atoms with Crippen LogP contribution in [0.25, 0.3) is 0 Å². The summed E-state index contributed by atoms with van der Waals surface area (Å²) in [4.78, 5) is 38.0. The number of hydrogen-bond acceptors (Lipinski definition) is 6. The van der Waals surface area contributed by atoms with Gasteiger partial charge in [0.25, 0.3) is 0 Å². The van der Waals surface area contributed by atoms with Gasteiger partial charge in [-0.3, -0.25) is 14.4 Å². The number of carbonyl (C=O) groups excluding carboxylic acids is 3. The molecule has 0 aromatic rings. The molecule has 0 aliphatic rings.